The summed E-state index contributed by atoms with van der Waals surface area (Å²) in [6.45, 7) is 7.30. The van der Waals surface area contributed by atoms with Gasteiger partial charge in [0.15, 0.2) is 5.96 Å². The topological polar surface area (TPSA) is 67.4 Å². The smallest absolute Gasteiger partial charge is 0.190 e. The van der Waals surface area contributed by atoms with E-state index >= 15 is 0 Å². The van der Waals surface area contributed by atoms with Crippen LogP contribution in [0.5, 0.6) is 5.75 Å². The minimum absolute atomic E-state index is 0.594. The van der Waals surface area contributed by atoms with Gasteiger partial charge in [0.25, 0.3) is 0 Å². The van der Waals surface area contributed by atoms with Gasteiger partial charge in [-0.05, 0) is 49.7 Å². The summed E-state index contributed by atoms with van der Waals surface area (Å²) in [6, 6.07) is 8.25. The molecule has 2 aliphatic rings. The predicted molar refractivity (Wildman–Crippen MR) is 122 cm³/mol. The van der Waals surface area contributed by atoms with Crippen LogP contribution < -0.4 is 20.3 Å². The van der Waals surface area contributed by atoms with Crippen molar-refractivity contribution in [3.8, 4) is 5.75 Å². The third-order valence-electron chi connectivity index (χ3n) is 5.95. The van der Waals surface area contributed by atoms with Crippen molar-refractivity contribution in [1.82, 2.24) is 10.6 Å². The Morgan fingerprint density at radius 3 is 2.80 bits per heavy atom. The molecule has 0 saturated carbocycles. The normalized spacial score (nSPS) is 20.4. The number of ether oxygens (including phenoxy) is 3. The number of para-hydroxylation sites is 2. The van der Waals surface area contributed by atoms with Gasteiger partial charge < -0.3 is 29.7 Å². The zero-order valence-corrected chi connectivity index (χ0v) is 18.6. The maximum atomic E-state index is 5.83. The van der Waals surface area contributed by atoms with Crippen molar-refractivity contribution in [3.63, 3.8) is 0 Å². The van der Waals surface area contributed by atoms with Gasteiger partial charge in [0.2, 0.25) is 0 Å². The number of methoxy groups -OCH3 is 1. The molecule has 0 aliphatic carbocycles. The highest BCUT2D eigenvalue weighted by molar-refractivity contribution is 5.79. The summed E-state index contributed by atoms with van der Waals surface area (Å²) >= 11 is 0. The second-order valence-corrected chi connectivity index (χ2v) is 8.14. The van der Waals surface area contributed by atoms with Crippen molar-refractivity contribution < 1.29 is 14.2 Å². The molecule has 1 unspecified atom stereocenters. The number of nitrogens with zero attached hydrogens (tertiary/aromatic N) is 2. The van der Waals surface area contributed by atoms with Crippen molar-refractivity contribution in [2.45, 2.75) is 25.7 Å². The summed E-state index contributed by atoms with van der Waals surface area (Å²) in [5.41, 5.74) is 1.19. The van der Waals surface area contributed by atoms with E-state index in [1.54, 1.807) is 7.11 Å². The van der Waals surface area contributed by atoms with E-state index in [9.17, 15) is 0 Å². The van der Waals surface area contributed by atoms with E-state index in [1.807, 2.05) is 19.2 Å². The molecule has 1 atom stereocenters. The molecule has 30 heavy (non-hydrogen) atoms. The number of aliphatic imine (C=N–C) groups is 1. The van der Waals surface area contributed by atoms with Crippen LogP contribution in [-0.4, -0.2) is 72.7 Å². The molecule has 0 radical (unpaired) electrons. The quantitative estimate of drug-likeness (QED) is 0.346. The lowest BCUT2D eigenvalue weighted by molar-refractivity contribution is 0.0203. The van der Waals surface area contributed by atoms with Crippen LogP contribution >= 0.6 is 0 Å². The molecule has 3 rings (SSSR count). The molecule has 0 aromatic heterocycles. The van der Waals surface area contributed by atoms with Crippen LogP contribution in [0.15, 0.2) is 29.3 Å². The molecule has 168 valence electrons. The third-order valence-corrected chi connectivity index (χ3v) is 5.95. The Morgan fingerprint density at radius 1 is 1.17 bits per heavy atom. The first-order valence-corrected chi connectivity index (χ1v) is 11.3. The second-order valence-electron chi connectivity index (χ2n) is 8.14. The number of benzene rings is 1. The summed E-state index contributed by atoms with van der Waals surface area (Å²) in [6.07, 6.45) is 4.41. The maximum absolute atomic E-state index is 5.83. The number of anilines is 1. The monoisotopic (exact) mass is 418 g/mol. The lowest BCUT2D eigenvalue weighted by Gasteiger charge is -2.22. The molecule has 1 aromatic rings. The van der Waals surface area contributed by atoms with E-state index in [0.29, 0.717) is 11.8 Å². The second kappa shape index (κ2) is 12.6. The lowest BCUT2D eigenvalue weighted by atomic mass is 10.0. The summed E-state index contributed by atoms with van der Waals surface area (Å²) in [7, 11) is 3.56. The fourth-order valence-electron chi connectivity index (χ4n) is 4.11. The largest absolute Gasteiger partial charge is 0.495 e. The van der Waals surface area contributed by atoms with Gasteiger partial charge >= 0.3 is 0 Å². The van der Waals surface area contributed by atoms with E-state index in [4.69, 9.17) is 14.2 Å². The molecule has 2 fully saturated rings. The fourth-order valence-corrected chi connectivity index (χ4v) is 4.11. The van der Waals surface area contributed by atoms with E-state index in [1.165, 1.54) is 12.1 Å². The minimum Gasteiger partial charge on any atom is -0.495 e. The van der Waals surface area contributed by atoms with Gasteiger partial charge in [-0.1, -0.05) is 12.1 Å². The van der Waals surface area contributed by atoms with E-state index in [-0.39, 0.29) is 0 Å². The highest BCUT2D eigenvalue weighted by Crippen LogP contribution is 2.31. The molecule has 0 spiro atoms. The molecule has 0 amide bonds. The Kier molecular flexibility index (Phi) is 9.57. The number of guanidine groups is 1. The van der Waals surface area contributed by atoms with Crippen LogP contribution in [0.25, 0.3) is 0 Å². The molecule has 2 saturated heterocycles. The number of hydrogen-bond donors (Lipinski definition) is 2. The Morgan fingerprint density at radius 2 is 2.00 bits per heavy atom. The number of rotatable bonds is 10. The molecule has 1 aromatic carbocycles. The van der Waals surface area contributed by atoms with Crippen LogP contribution in [0, 0.1) is 11.8 Å². The molecular weight excluding hydrogens is 380 g/mol. The van der Waals surface area contributed by atoms with Crippen molar-refractivity contribution in [3.05, 3.63) is 24.3 Å². The highest BCUT2D eigenvalue weighted by Gasteiger charge is 2.24. The Balaban J connectivity index is 1.28. The van der Waals surface area contributed by atoms with Gasteiger partial charge in [-0.3, -0.25) is 4.99 Å². The zero-order chi connectivity index (χ0) is 21.0. The van der Waals surface area contributed by atoms with Gasteiger partial charge in [0.05, 0.1) is 12.8 Å². The SMILES string of the molecule is CN=C(NCCCOCC1CCOCC1)NCC1CCN(c2ccccc2OC)C1. The first-order valence-electron chi connectivity index (χ1n) is 11.3. The zero-order valence-electron chi connectivity index (χ0n) is 18.6. The van der Waals surface area contributed by atoms with Gasteiger partial charge in [0, 0.05) is 59.7 Å². The predicted octanol–water partition coefficient (Wildman–Crippen LogP) is 2.52. The maximum Gasteiger partial charge on any atom is 0.190 e. The van der Waals surface area contributed by atoms with Gasteiger partial charge in [-0.2, -0.15) is 0 Å². The first-order chi connectivity index (χ1) is 14.8. The van der Waals surface area contributed by atoms with Crippen LogP contribution in [0.3, 0.4) is 0 Å². The molecular formula is C23H38N4O3. The Labute approximate surface area is 181 Å². The fraction of sp³-hybridized carbons (Fsp3) is 0.696. The van der Waals surface area contributed by atoms with Crippen molar-refractivity contribution in [1.29, 1.82) is 0 Å². The Hall–Kier alpha value is -1.99. The van der Waals surface area contributed by atoms with Crippen molar-refractivity contribution in [2.24, 2.45) is 16.8 Å². The highest BCUT2D eigenvalue weighted by atomic mass is 16.5. The third kappa shape index (κ3) is 7.06. The van der Waals surface area contributed by atoms with E-state index in [2.05, 4.69) is 32.7 Å². The van der Waals surface area contributed by atoms with Crippen molar-refractivity contribution >= 4 is 11.6 Å². The van der Waals surface area contributed by atoms with Crippen LogP contribution in [0.2, 0.25) is 0 Å². The number of hydrogen-bond acceptors (Lipinski definition) is 5. The first kappa shape index (κ1) is 22.7. The van der Waals surface area contributed by atoms with Gasteiger partial charge in [-0.15, -0.1) is 0 Å². The Bertz CT molecular complexity index is 649. The molecule has 0 bridgehead atoms. The average molecular weight is 419 g/mol. The average Bonchev–Trinajstić information content (AvgIpc) is 3.27. The number of nitrogens with one attached hydrogen (secondary N) is 2. The summed E-state index contributed by atoms with van der Waals surface area (Å²) in [5.74, 6) is 3.08. The molecule has 2 heterocycles. The van der Waals surface area contributed by atoms with Crippen molar-refractivity contribution in [2.75, 3.05) is 71.7 Å². The van der Waals surface area contributed by atoms with Gasteiger partial charge in [-0.25, -0.2) is 0 Å². The van der Waals surface area contributed by atoms with Crippen LogP contribution in [0.4, 0.5) is 5.69 Å². The molecule has 7 nitrogen and oxygen atoms in total. The standard InChI is InChI=1S/C23H38N4O3/c1-24-23(25-11-5-13-30-18-19-9-14-29-15-10-19)26-16-20-8-12-27(17-20)21-6-3-4-7-22(21)28-2/h3-4,6-7,19-20H,5,8-18H2,1-2H3,(H2,24,25,26). The van der Waals surface area contributed by atoms with Gasteiger partial charge in [0.1, 0.15) is 5.75 Å². The summed E-state index contributed by atoms with van der Waals surface area (Å²) < 4.78 is 16.7. The lowest BCUT2D eigenvalue weighted by Crippen LogP contribution is -2.40. The minimum atomic E-state index is 0.594. The summed E-state index contributed by atoms with van der Waals surface area (Å²) in [5, 5.41) is 6.88. The molecule has 2 aliphatic heterocycles. The van der Waals surface area contributed by atoms with Crippen LogP contribution in [-0.2, 0) is 9.47 Å². The molecule has 2 N–H and O–H groups in total. The van der Waals surface area contributed by atoms with E-state index in [0.717, 1.165) is 83.6 Å². The summed E-state index contributed by atoms with van der Waals surface area (Å²) in [4.78, 5) is 6.76. The van der Waals surface area contributed by atoms with Crippen LogP contribution in [0.1, 0.15) is 25.7 Å². The van der Waals surface area contributed by atoms with E-state index < -0.39 is 0 Å². The molecule has 7 heteroatoms.